The number of para-hydroxylation sites is 4. The molecule has 0 aliphatic carbocycles. The van der Waals surface area contributed by atoms with Crippen LogP contribution in [0.2, 0.25) is 0 Å². The highest BCUT2D eigenvalue weighted by Gasteiger charge is 2.43. The molecule has 8 rings (SSSR count). The van der Waals surface area contributed by atoms with Crippen LogP contribution in [0, 0.1) is 13.8 Å². The van der Waals surface area contributed by atoms with E-state index in [0.717, 1.165) is 38.9 Å². The highest BCUT2D eigenvalue weighted by atomic mass is 19.4. The van der Waals surface area contributed by atoms with Crippen molar-refractivity contribution in [2.24, 2.45) is 0 Å². The standard InChI is InChI=1S/C37H26F6N4O2/c1-19-9-5-10-21-23-12-7-15-27(31(23)48-29(19)21)46-17-20(2)33(44-46)35(3,4)34-26(37(41,42)43)18-47(45-34)28-16-8-13-24-22-11-6-14-25(36(38,39)40)30(22)49-32(24)28/h5-18H,1-4H3. The average Bonchev–Trinajstić information content (AvgIpc) is 3.83. The highest BCUT2D eigenvalue weighted by Crippen LogP contribution is 2.44. The molecule has 4 aromatic carbocycles. The van der Waals surface area contributed by atoms with Gasteiger partial charge in [0.2, 0.25) is 0 Å². The van der Waals surface area contributed by atoms with Crippen LogP contribution in [0.15, 0.2) is 94.0 Å². The summed E-state index contributed by atoms with van der Waals surface area (Å²) in [5.41, 5.74) is -0.164. The molecule has 0 fully saturated rings. The van der Waals surface area contributed by atoms with Gasteiger partial charge in [0.25, 0.3) is 0 Å². The summed E-state index contributed by atoms with van der Waals surface area (Å²) in [6.07, 6.45) is -6.93. The Morgan fingerprint density at radius 3 is 1.57 bits per heavy atom. The lowest BCUT2D eigenvalue weighted by atomic mass is 9.82. The molecule has 248 valence electrons. The topological polar surface area (TPSA) is 61.9 Å². The minimum atomic E-state index is -4.82. The van der Waals surface area contributed by atoms with Crippen LogP contribution in [0.4, 0.5) is 26.3 Å². The molecule has 4 heterocycles. The maximum Gasteiger partial charge on any atom is 0.420 e. The van der Waals surface area contributed by atoms with Gasteiger partial charge in [0.15, 0.2) is 11.2 Å². The van der Waals surface area contributed by atoms with Crippen LogP contribution >= 0.6 is 0 Å². The molecular weight excluding hydrogens is 646 g/mol. The summed E-state index contributed by atoms with van der Waals surface area (Å²) in [5.74, 6) is 0. The maximum atomic E-state index is 14.7. The van der Waals surface area contributed by atoms with Crippen molar-refractivity contribution in [3.63, 3.8) is 0 Å². The lowest BCUT2D eigenvalue weighted by Crippen LogP contribution is -2.25. The predicted molar refractivity (Wildman–Crippen MR) is 173 cm³/mol. The molecule has 0 radical (unpaired) electrons. The quantitative estimate of drug-likeness (QED) is 0.175. The van der Waals surface area contributed by atoms with E-state index in [1.807, 2.05) is 43.3 Å². The van der Waals surface area contributed by atoms with Crippen molar-refractivity contribution >= 4 is 43.9 Å². The Labute approximate surface area is 274 Å². The number of rotatable bonds is 4. The summed E-state index contributed by atoms with van der Waals surface area (Å²) in [6, 6.07) is 19.7. The molecule has 49 heavy (non-hydrogen) atoms. The van der Waals surface area contributed by atoms with Gasteiger partial charge in [-0.05, 0) is 57.0 Å². The molecule has 0 atom stereocenters. The first-order valence-electron chi connectivity index (χ1n) is 15.3. The van der Waals surface area contributed by atoms with Crippen molar-refractivity contribution in [3.05, 3.63) is 119 Å². The van der Waals surface area contributed by atoms with Crippen LogP contribution in [0.5, 0.6) is 0 Å². The third-order valence-electron chi connectivity index (χ3n) is 9.10. The number of aryl methyl sites for hydroxylation is 2. The molecule has 0 N–H and O–H groups in total. The molecule has 12 heteroatoms. The Kier molecular flexibility index (Phi) is 6.44. The fraction of sp³-hybridized carbons (Fsp3) is 0.189. The first-order chi connectivity index (χ1) is 23.1. The minimum absolute atomic E-state index is 0.0237. The number of hydrogen-bond acceptors (Lipinski definition) is 4. The first kappa shape index (κ1) is 30.8. The van der Waals surface area contributed by atoms with Gasteiger partial charge in [-0.2, -0.15) is 36.5 Å². The zero-order valence-corrected chi connectivity index (χ0v) is 26.5. The third-order valence-corrected chi connectivity index (χ3v) is 9.10. The molecule has 0 saturated carbocycles. The van der Waals surface area contributed by atoms with Crippen LogP contribution < -0.4 is 0 Å². The second-order valence-electron chi connectivity index (χ2n) is 12.7. The van der Waals surface area contributed by atoms with Crippen molar-refractivity contribution in [3.8, 4) is 11.4 Å². The van der Waals surface area contributed by atoms with Crippen LogP contribution in [-0.4, -0.2) is 19.6 Å². The van der Waals surface area contributed by atoms with Crippen LogP contribution in [0.25, 0.3) is 55.3 Å². The predicted octanol–water partition coefficient (Wildman–Crippen LogP) is 10.8. The van der Waals surface area contributed by atoms with Gasteiger partial charge in [-0.1, -0.05) is 54.6 Å². The number of furan rings is 2. The average molecular weight is 673 g/mol. The van der Waals surface area contributed by atoms with Gasteiger partial charge in [-0.25, -0.2) is 9.36 Å². The highest BCUT2D eigenvalue weighted by molar-refractivity contribution is 6.09. The SMILES string of the molecule is Cc1cn(-c2cccc3c2oc2c(C)cccc23)nc1C(C)(C)c1nn(-c2cccc3c2oc2c(C(F)(F)F)cccc23)cc1C(F)(F)F. The Balaban J connectivity index is 1.28. The molecule has 0 bridgehead atoms. The van der Waals surface area contributed by atoms with Gasteiger partial charge in [-0.3, -0.25) is 0 Å². The zero-order valence-electron chi connectivity index (χ0n) is 26.5. The summed E-state index contributed by atoms with van der Waals surface area (Å²) in [6.45, 7) is 6.93. The van der Waals surface area contributed by atoms with Crippen molar-refractivity contribution < 1.29 is 35.2 Å². The van der Waals surface area contributed by atoms with E-state index < -0.39 is 34.5 Å². The summed E-state index contributed by atoms with van der Waals surface area (Å²) in [5, 5.41) is 11.6. The maximum absolute atomic E-state index is 14.7. The third kappa shape index (κ3) is 4.64. The normalized spacial score (nSPS) is 13.1. The van der Waals surface area contributed by atoms with Crippen molar-refractivity contribution in [2.45, 2.75) is 45.5 Å². The molecule has 8 aromatic rings. The van der Waals surface area contributed by atoms with Crippen molar-refractivity contribution in [1.29, 1.82) is 0 Å². The number of hydrogen-bond donors (Lipinski definition) is 0. The molecule has 6 nitrogen and oxygen atoms in total. The first-order valence-corrected chi connectivity index (χ1v) is 15.3. The minimum Gasteiger partial charge on any atom is -0.454 e. The van der Waals surface area contributed by atoms with Gasteiger partial charge in [0.05, 0.1) is 27.9 Å². The molecule has 0 aliphatic heterocycles. The second-order valence-corrected chi connectivity index (χ2v) is 12.7. The van der Waals surface area contributed by atoms with E-state index in [1.54, 1.807) is 43.8 Å². The molecule has 0 saturated heterocycles. The molecule has 0 unspecified atom stereocenters. The number of fused-ring (bicyclic) bond motifs is 6. The molecule has 0 aliphatic rings. The van der Waals surface area contributed by atoms with E-state index >= 15 is 0 Å². The zero-order chi connectivity index (χ0) is 34.6. The van der Waals surface area contributed by atoms with E-state index in [2.05, 4.69) is 5.10 Å². The lowest BCUT2D eigenvalue weighted by Gasteiger charge is -2.23. The number of benzene rings is 4. The monoisotopic (exact) mass is 672 g/mol. The summed E-state index contributed by atoms with van der Waals surface area (Å²) in [7, 11) is 0. The van der Waals surface area contributed by atoms with Crippen LogP contribution in [0.3, 0.4) is 0 Å². The van der Waals surface area contributed by atoms with Crippen molar-refractivity contribution in [1.82, 2.24) is 19.6 Å². The van der Waals surface area contributed by atoms with E-state index in [9.17, 15) is 26.3 Å². The van der Waals surface area contributed by atoms with Gasteiger partial charge in [0.1, 0.15) is 22.5 Å². The van der Waals surface area contributed by atoms with Gasteiger partial charge >= 0.3 is 12.4 Å². The van der Waals surface area contributed by atoms with E-state index in [-0.39, 0.29) is 22.4 Å². The lowest BCUT2D eigenvalue weighted by molar-refractivity contribution is -0.139. The van der Waals surface area contributed by atoms with Gasteiger partial charge < -0.3 is 8.83 Å². The number of alkyl halides is 6. The molecule has 0 amide bonds. The van der Waals surface area contributed by atoms with E-state index in [1.165, 1.54) is 18.2 Å². The Morgan fingerprint density at radius 2 is 0.980 bits per heavy atom. The van der Waals surface area contributed by atoms with Crippen molar-refractivity contribution in [2.75, 3.05) is 0 Å². The number of aromatic nitrogens is 4. The fourth-order valence-corrected chi connectivity index (χ4v) is 6.82. The Bertz CT molecular complexity index is 2600. The van der Waals surface area contributed by atoms with Gasteiger partial charge in [-0.15, -0.1) is 0 Å². The van der Waals surface area contributed by atoms with E-state index in [0.29, 0.717) is 27.9 Å². The largest absolute Gasteiger partial charge is 0.454 e. The van der Waals surface area contributed by atoms with Crippen LogP contribution in [-0.2, 0) is 17.8 Å². The summed E-state index contributed by atoms with van der Waals surface area (Å²) >= 11 is 0. The number of nitrogens with zero attached hydrogens (tertiary/aromatic N) is 4. The molecule has 4 aromatic heterocycles. The summed E-state index contributed by atoms with van der Waals surface area (Å²) < 4.78 is 100. The molecular formula is C37H26F6N4O2. The number of halogens is 6. The van der Waals surface area contributed by atoms with Crippen LogP contribution in [0.1, 0.15) is 47.5 Å². The van der Waals surface area contributed by atoms with Gasteiger partial charge in [0, 0.05) is 33.9 Å². The fourth-order valence-electron chi connectivity index (χ4n) is 6.82. The molecule has 0 spiro atoms. The Hall–Kier alpha value is -5.52. The van der Waals surface area contributed by atoms with E-state index in [4.69, 9.17) is 13.9 Å². The second kappa shape index (κ2) is 10.2. The Morgan fingerprint density at radius 1 is 0.510 bits per heavy atom. The smallest absolute Gasteiger partial charge is 0.420 e. The summed E-state index contributed by atoms with van der Waals surface area (Å²) in [4.78, 5) is 0.